The third-order valence-electron chi connectivity index (χ3n) is 13.2. The zero-order valence-electron chi connectivity index (χ0n) is 43.8. The van der Waals surface area contributed by atoms with E-state index in [-0.39, 0.29) is 40.1 Å². The molecule has 1 N–H and O–H groups in total. The Balaban J connectivity index is 0.000000213. The highest BCUT2D eigenvalue weighted by Gasteiger charge is 2.38. The Kier molecular flexibility index (Phi) is 19.9. The molecule has 4 heterocycles. The number of likely N-dealkylation sites (N-methyl/N-ethyl adjacent to an activating group) is 2. The van der Waals surface area contributed by atoms with Crippen LogP contribution in [0.25, 0.3) is 22.3 Å². The van der Waals surface area contributed by atoms with Gasteiger partial charge in [0.05, 0.1) is 33.4 Å². The van der Waals surface area contributed by atoms with E-state index in [1.54, 1.807) is 13.2 Å². The molecule has 0 aliphatic carbocycles. The predicted molar refractivity (Wildman–Crippen MR) is 283 cm³/mol. The fourth-order valence-corrected chi connectivity index (χ4v) is 9.07. The lowest BCUT2D eigenvalue weighted by Crippen LogP contribution is -2.44. The van der Waals surface area contributed by atoms with Crippen molar-refractivity contribution < 1.29 is 62.3 Å². The van der Waals surface area contributed by atoms with Gasteiger partial charge in [-0.25, -0.2) is 9.97 Å². The summed E-state index contributed by atoms with van der Waals surface area (Å²) in [6.45, 7) is 10.7. The molecule has 4 aromatic carbocycles. The summed E-state index contributed by atoms with van der Waals surface area (Å²) in [6, 6.07) is 22.3. The average Bonchev–Trinajstić information content (AvgIpc) is 3.48. The van der Waals surface area contributed by atoms with Crippen molar-refractivity contribution in [3.8, 4) is 22.3 Å². The number of aryl methyl sites for hydroxylation is 2. The van der Waals surface area contributed by atoms with E-state index in [4.69, 9.17) is 0 Å². The Labute approximate surface area is 458 Å². The highest BCUT2D eigenvalue weighted by Crippen LogP contribution is 2.39. The number of rotatable bonds is 9. The van der Waals surface area contributed by atoms with Crippen LogP contribution in [0.5, 0.6) is 0 Å². The minimum Gasteiger partial charge on any atom is -0.355 e. The number of pyridine rings is 2. The predicted octanol–water partition coefficient (Wildman–Crippen LogP) is 12.9. The molecule has 23 heteroatoms. The molecular formula is C56H57BrF12N8O2. The Morgan fingerprint density at radius 3 is 1.24 bits per heavy atom. The molecule has 8 rings (SSSR count). The number of hydrogen-bond donors (Lipinski definition) is 1. The summed E-state index contributed by atoms with van der Waals surface area (Å²) < 4.78 is 154. The van der Waals surface area contributed by atoms with Crippen LogP contribution in [0.4, 0.5) is 64.3 Å². The zero-order valence-corrected chi connectivity index (χ0v) is 45.4. The number of anilines is 2. The van der Waals surface area contributed by atoms with Gasteiger partial charge in [-0.15, -0.1) is 0 Å². The van der Waals surface area contributed by atoms with Crippen LogP contribution >= 0.6 is 15.9 Å². The fraction of sp³-hybridized carbons (Fsp3) is 0.357. The number of aromatic nitrogens is 2. The summed E-state index contributed by atoms with van der Waals surface area (Å²) in [6.07, 6.45) is -16.4. The van der Waals surface area contributed by atoms with E-state index in [2.05, 4.69) is 83.0 Å². The molecular weight excluding hydrogens is 1120 g/mol. The molecule has 0 unspecified atom stereocenters. The maximum Gasteiger partial charge on any atom is 0.416 e. The van der Waals surface area contributed by atoms with Crippen LogP contribution in [0.3, 0.4) is 0 Å². The lowest BCUT2D eigenvalue weighted by molar-refractivity contribution is -0.144. The van der Waals surface area contributed by atoms with E-state index in [0.29, 0.717) is 41.2 Å². The first kappa shape index (κ1) is 61.5. The number of hydrogen-bond acceptors (Lipinski definition) is 8. The minimum absolute atomic E-state index is 0.0675. The van der Waals surface area contributed by atoms with Crippen LogP contribution in [-0.2, 0) is 36.6 Å². The van der Waals surface area contributed by atoms with E-state index in [1.807, 2.05) is 56.4 Å². The lowest BCUT2D eigenvalue weighted by atomic mass is 9.96. The molecule has 2 amide bonds. The van der Waals surface area contributed by atoms with Gasteiger partial charge in [-0.1, -0.05) is 64.5 Å². The minimum atomic E-state index is -4.97. The van der Waals surface area contributed by atoms with E-state index >= 15 is 0 Å². The van der Waals surface area contributed by atoms with Crippen LogP contribution in [0.1, 0.15) is 65.2 Å². The van der Waals surface area contributed by atoms with Crippen molar-refractivity contribution in [3.05, 3.63) is 165 Å². The van der Waals surface area contributed by atoms with Gasteiger partial charge in [0.2, 0.25) is 0 Å². The SMILES string of the molecule is CNC(=O)c1cnc(N2CCN(C)CC2)cc1-c1ccccc1C.Cc1ccccc1-c1cc(N2CCN(C)CC2)ncc1C(=O)N(C)Cc1cc(C(F)(F)F)cc(C(F)(F)F)c1.FC(F)(F)c1cc(CBr)cc(C(F)(F)F)c1. The zero-order chi connectivity index (χ0) is 58.2. The van der Waals surface area contributed by atoms with Gasteiger partial charge in [0, 0.05) is 90.7 Å². The van der Waals surface area contributed by atoms with Crippen LogP contribution in [-0.4, -0.2) is 117 Å². The molecule has 6 aromatic rings. The lowest BCUT2D eigenvalue weighted by Gasteiger charge is -2.33. The number of piperazine rings is 2. The summed E-state index contributed by atoms with van der Waals surface area (Å²) in [5.41, 5.74) is 0.472. The molecule has 0 radical (unpaired) electrons. The molecule has 0 atom stereocenters. The molecule has 79 heavy (non-hydrogen) atoms. The molecule has 2 fully saturated rings. The fourth-order valence-electron chi connectivity index (χ4n) is 8.75. The number of amides is 2. The number of alkyl halides is 13. The molecule has 2 aromatic heterocycles. The largest absolute Gasteiger partial charge is 0.416 e. The molecule has 2 aliphatic heterocycles. The first-order valence-electron chi connectivity index (χ1n) is 24.6. The van der Waals surface area contributed by atoms with Gasteiger partial charge in [0.25, 0.3) is 11.8 Å². The van der Waals surface area contributed by atoms with Crippen LogP contribution < -0.4 is 15.1 Å². The standard InChI is InChI=1S/C28H28F6N4O.C19H24N4O.C9H5BrF6/c1-18-6-4-5-7-22(18)23-15-25(38-10-8-36(2)9-11-38)35-16-24(23)26(39)37(3)17-19-12-20(27(29,30)31)14-21(13-19)28(32,33)34;1-14-6-4-5-7-15(14)16-12-18(21-13-17(16)19(24)20-2)23-10-8-22(3)9-11-23;10-4-5-1-6(8(11,12)13)3-7(2-5)9(14,15)16/h4-7,12-16H,8-11,17H2,1-3H3;4-7,12-13H,8-11H2,1-3H3,(H,20,24);1-3H,4H2. The highest BCUT2D eigenvalue weighted by atomic mass is 79.9. The van der Waals surface area contributed by atoms with Crippen molar-refractivity contribution in [1.29, 1.82) is 0 Å². The summed E-state index contributed by atoms with van der Waals surface area (Å²) in [5, 5.41) is 2.65. The van der Waals surface area contributed by atoms with E-state index in [9.17, 15) is 62.3 Å². The summed E-state index contributed by atoms with van der Waals surface area (Å²) in [7, 11) is 7.16. The van der Waals surface area contributed by atoms with E-state index in [0.717, 1.165) is 90.9 Å². The summed E-state index contributed by atoms with van der Waals surface area (Å²) in [5.74, 6) is 0.949. The first-order valence-corrected chi connectivity index (χ1v) is 25.7. The van der Waals surface area contributed by atoms with E-state index < -0.39 is 59.4 Å². The summed E-state index contributed by atoms with van der Waals surface area (Å²) in [4.78, 5) is 44.9. The van der Waals surface area contributed by atoms with Gasteiger partial charge in [0.1, 0.15) is 11.6 Å². The number of benzene rings is 4. The monoisotopic (exact) mass is 1180 g/mol. The number of carbonyl (C=O) groups excluding carboxylic acids is 2. The van der Waals surface area contributed by atoms with Crippen molar-refractivity contribution in [3.63, 3.8) is 0 Å². The van der Waals surface area contributed by atoms with Crippen molar-refractivity contribution in [2.24, 2.45) is 0 Å². The maximum absolute atomic E-state index is 13.6. The van der Waals surface area contributed by atoms with Crippen molar-refractivity contribution in [2.45, 2.75) is 50.4 Å². The van der Waals surface area contributed by atoms with Crippen molar-refractivity contribution in [1.82, 2.24) is 30.0 Å². The van der Waals surface area contributed by atoms with Gasteiger partial charge < -0.3 is 29.8 Å². The Hall–Kier alpha value is -6.72. The Morgan fingerprint density at radius 1 is 0.532 bits per heavy atom. The third-order valence-corrected chi connectivity index (χ3v) is 13.9. The number of carbonyl (C=O) groups is 2. The van der Waals surface area contributed by atoms with Gasteiger partial charge in [0.15, 0.2) is 0 Å². The molecule has 424 valence electrons. The molecule has 0 spiro atoms. The second-order valence-corrected chi connectivity index (χ2v) is 19.6. The third kappa shape index (κ3) is 16.2. The highest BCUT2D eigenvalue weighted by molar-refractivity contribution is 9.08. The number of nitrogens with zero attached hydrogens (tertiary/aromatic N) is 7. The van der Waals surface area contributed by atoms with Crippen molar-refractivity contribution >= 4 is 39.4 Å². The Morgan fingerprint density at radius 2 is 0.886 bits per heavy atom. The average molecular weight is 1180 g/mol. The quantitative estimate of drug-likeness (QED) is 0.113. The van der Waals surface area contributed by atoms with Crippen LogP contribution in [0.15, 0.2) is 109 Å². The molecule has 0 saturated carbocycles. The van der Waals surface area contributed by atoms with Gasteiger partial charge in [-0.05, 0) is 121 Å². The normalized spacial score (nSPS) is 14.7. The van der Waals surface area contributed by atoms with Gasteiger partial charge in [-0.3, -0.25) is 9.59 Å². The molecule has 2 aliphatic rings. The summed E-state index contributed by atoms with van der Waals surface area (Å²) >= 11 is 2.82. The van der Waals surface area contributed by atoms with Crippen LogP contribution in [0.2, 0.25) is 0 Å². The van der Waals surface area contributed by atoms with Gasteiger partial charge in [-0.2, -0.15) is 52.7 Å². The smallest absolute Gasteiger partial charge is 0.355 e. The maximum atomic E-state index is 13.6. The number of halogens is 13. The topological polar surface area (TPSA) is 88.1 Å². The van der Waals surface area contributed by atoms with E-state index in [1.165, 1.54) is 13.2 Å². The number of nitrogens with one attached hydrogen (secondary N) is 1. The van der Waals surface area contributed by atoms with Crippen LogP contribution in [0, 0.1) is 13.8 Å². The second-order valence-electron chi connectivity index (χ2n) is 19.1. The molecule has 10 nitrogen and oxygen atoms in total. The molecule has 2 saturated heterocycles. The first-order chi connectivity index (χ1) is 37.0. The second kappa shape index (κ2) is 25.6. The molecule has 0 bridgehead atoms. The Bertz CT molecular complexity index is 3010. The van der Waals surface area contributed by atoms with Gasteiger partial charge >= 0.3 is 24.7 Å². The van der Waals surface area contributed by atoms with Crippen molar-refractivity contribution in [2.75, 3.05) is 90.3 Å².